The van der Waals surface area contributed by atoms with Crippen molar-refractivity contribution in [1.82, 2.24) is 10.3 Å². The smallest absolute Gasteiger partial charge is 0.252 e. The summed E-state index contributed by atoms with van der Waals surface area (Å²) in [6, 6.07) is 2.74. The average Bonchev–Trinajstić information content (AvgIpc) is 2.19. The van der Waals surface area contributed by atoms with Crippen molar-refractivity contribution >= 4 is 5.91 Å². The molecule has 0 atom stereocenters. The summed E-state index contributed by atoms with van der Waals surface area (Å²) in [7, 11) is 0. The van der Waals surface area contributed by atoms with Gasteiger partial charge in [-0.1, -0.05) is 0 Å². The third-order valence-corrected chi connectivity index (χ3v) is 1.67. The lowest BCUT2D eigenvalue weighted by Gasteiger charge is -2.02. The first kappa shape index (κ1) is 10.5. The number of H-pyrrole nitrogens is 1. The van der Waals surface area contributed by atoms with Crippen molar-refractivity contribution in [2.24, 2.45) is 0 Å². The number of pyridine rings is 1. The van der Waals surface area contributed by atoms with Crippen molar-refractivity contribution in [3.05, 3.63) is 34.2 Å². The maximum Gasteiger partial charge on any atom is 0.252 e. The van der Waals surface area contributed by atoms with E-state index in [0.29, 0.717) is 18.5 Å². The van der Waals surface area contributed by atoms with Crippen molar-refractivity contribution in [2.75, 3.05) is 13.2 Å². The molecule has 0 fully saturated rings. The second-order valence-electron chi connectivity index (χ2n) is 2.77. The monoisotopic (exact) mass is 196 g/mol. The first-order valence-corrected chi connectivity index (χ1v) is 4.32. The van der Waals surface area contributed by atoms with Crippen LogP contribution >= 0.6 is 0 Å². The molecule has 1 amide bonds. The summed E-state index contributed by atoms with van der Waals surface area (Å²) in [6.45, 7) is 0.473. The largest absolute Gasteiger partial charge is 0.396 e. The molecule has 0 aliphatic heterocycles. The molecular weight excluding hydrogens is 184 g/mol. The molecule has 1 heterocycles. The quantitative estimate of drug-likeness (QED) is 0.567. The number of rotatable bonds is 4. The van der Waals surface area contributed by atoms with E-state index in [2.05, 4.69) is 10.3 Å². The van der Waals surface area contributed by atoms with Gasteiger partial charge in [-0.2, -0.15) is 0 Å². The zero-order valence-electron chi connectivity index (χ0n) is 7.62. The van der Waals surface area contributed by atoms with Gasteiger partial charge in [0, 0.05) is 25.4 Å². The van der Waals surface area contributed by atoms with Crippen molar-refractivity contribution < 1.29 is 9.90 Å². The normalized spacial score (nSPS) is 9.79. The molecule has 1 rings (SSSR count). The van der Waals surface area contributed by atoms with E-state index in [1.54, 1.807) is 0 Å². The Labute approximate surface area is 80.8 Å². The molecule has 0 aliphatic rings. The molecule has 0 radical (unpaired) electrons. The second-order valence-corrected chi connectivity index (χ2v) is 2.77. The molecule has 1 aromatic heterocycles. The van der Waals surface area contributed by atoms with Crippen LogP contribution in [-0.4, -0.2) is 29.1 Å². The fourth-order valence-corrected chi connectivity index (χ4v) is 0.935. The van der Waals surface area contributed by atoms with Gasteiger partial charge in [0.15, 0.2) is 0 Å². The van der Waals surface area contributed by atoms with E-state index in [1.165, 1.54) is 18.3 Å². The van der Waals surface area contributed by atoms with Crippen LogP contribution in [0.5, 0.6) is 0 Å². The summed E-state index contributed by atoms with van der Waals surface area (Å²) >= 11 is 0. The number of aliphatic hydroxyl groups is 1. The average molecular weight is 196 g/mol. The predicted octanol–water partition coefficient (Wildman–Crippen LogP) is -0.513. The fourth-order valence-electron chi connectivity index (χ4n) is 0.935. The van der Waals surface area contributed by atoms with Crippen LogP contribution in [-0.2, 0) is 0 Å². The molecule has 1 aromatic rings. The van der Waals surface area contributed by atoms with Crippen LogP contribution < -0.4 is 10.9 Å². The third kappa shape index (κ3) is 3.02. The SMILES string of the molecule is O=C(NCCCO)c1ccc(=O)[nH]c1. The van der Waals surface area contributed by atoms with Crippen LogP contribution in [0, 0.1) is 0 Å². The summed E-state index contributed by atoms with van der Waals surface area (Å²) in [5.74, 6) is -0.255. The summed E-state index contributed by atoms with van der Waals surface area (Å²) in [6.07, 6.45) is 1.88. The Bertz CT molecular complexity index is 339. The van der Waals surface area contributed by atoms with Crippen LogP contribution in [0.4, 0.5) is 0 Å². The van der Waals surface area contributed by atoms with E-state index >= 15 is 0 Å². The van der Waals surface area contributed by atoms with Gasteiger partial charge in [0.05, 0.1) is 5.56 Å². The standard InChI is InChI=1S/C9H12N2O3/c12-5-1-4-10-9(14)7-2-3-8(13)11-6-7/h2-3,6,12H,1,4-5H2,(H,10,14)(H,11,13). The van der Waals surface area contributed by atoms with Gasteiger partial charge in [-0.3, -0.25) is 9.59 Å². The Balaban J connectivity index is 2.52. The molecule has 76 valence electrons. The topological polar surface area (TPSA) is 82.2 Å². The van der Waals surface area contributed by atoms with Crippen LogP contribution in [0.3, 0.4) is 0 Å². The molecule has 14 heavy (non-hydrogen) atoms. The minimum Gasteiger partial charge on any atom is -0.396 e. The van der Waals surface area contributed by atoms with E-state index in [-0.39, 0.29) is 18.1 Å². The minimum atomic E-state index is -0.255. The molecule has 0 unspecified atom stereocenters. The molecule has 0 bridgehead atoms. The number of carbonyl (C=O) groups excluding carboxylic acids is 1. The first-order valence-electron chi connectivity index (χ1n) is 4.32. The van der Waals surface area contributed by atoms with Crippen LogP contribution in [0.15, 0.2) is 23.1 Å². The summed E-state index contributed by atoms with van der Waals surface area (Å²) < 4.78 is 0. The number of carbonyl (C=O) groups is 1. The Kier molecular flexibility index (Phi) is 3.87. The highest BCUT2D eigenvalue weighted by Gasteiger charge is 2.03. The Hall–Kier alpha value is -1.62. The molecular formula is C9H12N2O3. The lowest BCUT2D eigenvalue weighted by molar-refractivity contribution is 0.0951. The fraction of sp³-hybridized carbons (Fsp3) is 0.333. The van der Waals surface area contributed by atoms with E-state index < -0.39 is 0 Å². The predicted molar refractivity (Wildman–Crippen MR) is 51.1 cm³/mol. The summed E-state index contributed by atoms with van der Waals surface area (Å²) in [5, 5.41) is 11.1. The van der Waals surface area contributed by atoms with Crippen LogP contribution in [0.1, 0.15) is 16.8 Å². The summed E-state index contributed by atoms with van der Waals surface area (Å²) in [4.78, 5) is 24.4. The van der Waals surface area contributed by atoms with Crippen molar-refractivity contribution in [2.45, 2.75) is 6.42 Å². The van der Waals surface area contributed by atoms with Crippen LogP contribution in [0.25, 0.3) is 0 Å². The van der Waals surface area contributed by atoms with Crippen molar-refractivity contribution in [1.29, 1.82) is 0 Å². The number of hydrogen-bond donors (Lipinski definition) is 3. The van der Waals surface area contributed by atoms with Crippen molar-refractivity contribution in [3.8, 4) is 0 Å². The number of aliphatic hydroxyl groups excluding tert-OH is 1. The molecule has 0 spiro atoms. The zero-order valence-corrected chi connectivity index (χ0v) is 7.62. The first-order chi connectivity index (χ1) is 6.74. The number of aromatic nitrogens is 1. The second kappa shape index (κ2) is 5.18. The number of nitrogens with one attached hydrogen (secondary N) is 2. The zero-order chi connectivity index (χ0) is 10.4. The van der Waals surface area contributed by atoms with Gasteiger partial charge in [0.1, 0.15) is 0 Å². The Morgan fingerprint density at radius 1 is 1.50 bits per heavy atom. The molecule has 0 saturated carbocycles. The van der Waals surface area contributed by atoms with Gasteiger partial charge in [0.25, 0.3) is 5.91 Å². The summed E-state index contributed by atoms with van der Waals surface area (Å²) in [5.41, 5.74) is 0.166. The van der Waals surface area contributed by atoms with Gasteiger partial charge in [-0.05, 0) is 12.5 Å². The molecule has 0 aromatic carbocycles. The molecule has 5 heteroatoms. The van der Waals surface area contributed by atoms with E-state index in [0.717, 1.165) is 0 Å². The maximum atomic E-state index is 11.3. The molecule has 0 saturated heterocycles. The lowest BCUT2D eigenvalue weighted by Crippen LogP contribution is -2.25. The van der Waals surface area contributed by atoms with E-state index in [4.69, 9.17) is 5.11 Å². The van der Waals surface area contributed by atoms with E-state index in [1.807, 2.05) is 0 Å². The highest BCUT2D eigenvalue weighted by molar-refractivity contribution is 5.93. The highest BCUT2D eigenvalue weighted by Crippen LogP contribution is 1.92. The van der Waals surface area contributed by atoms with Crippen LogP contribution in [0.2, 0.25) is 0 Å². The van der Waals surface area contributed by atoms with E-state index in [9.17, 15) is 9.59 Å². The van der Waals surface area contributed by atoms with Gasteiger partial charge < -0.3 is 15.4 Å². The molecule has 3 N–H and O–H groups in total. The molecule has 5 nitrogen and oxygen atoms in total. The number of amides is 1. The van der Waals surface area contributed by atoms with Crippen molar-refractivity contribution in [3.63, 3.8) is 0 Å². The van der Waals surface area contributed by atoms with Gasteiger partial charge in [0.2, 0.25) is 5.56 Å². The lowest BCUT2D eigenvalue weighted by atomic mass is 10.2. The van der Waals surface area contributed by atoms with Gasteiger partial charge >= 0.3 is 0 Å². The van der Waals surface area contributed by atoms with Gasteiger partial charge in [-0.25, -0.2) is 0 Å². The highest BCUT2D eigenvalue weighted by atomic mass is 16.3. The minimum absolute atomic E-state index is 0.0475. The third-order valence-electron chi connectivity index (χ3n) is 1.67. The number of hydrogen-bond acceptors (Lipinski definition) is 3. The van der Waals surface area contributed by atoms with Gasteiger partial charge in [-0.15, -0.1) is 0 Å². The Morgan fingerprint density at radius 2 is 2.29 bits per heavy atom. The Morgan fingerprint density at radius 3 is 2.86 bits per heavy atom. The maximum absolute atomic E-state index is 11.3. The number of aromatic amines is 1. The molecule has 0 aliphatic carbocycles.